The molecule has 30 heavy (non-hydrogen) atoms. The van der Waals surface area contributed by atoms with E-state index in [0.29, 0.717) is 35.8 Å². The number of ether oxygens (including phenoxy) is 3. The average molecular weight is 432 g/mol. The zero-order valence-electron chi connectivity index (χ0n) is 16.8. The van der Waals surface area contributed by atoms with Gasteiger partial charge >= 0.3 is 5.97 Å². The number of esters is 1. The first-order chi connectivity index (χ1) is 14.5. The maximum Gasteiger partial charge on any atom is 0.338 e. The Hall–Kier alpha value is -2.71. The van der Waals surface area contributed by atoms with E-state index in [1.807, 2.05) is 6.07 Å². The van der Waals surface area contributed by atoms with Crippen molar-refractivity contribution in [2.75, 3.05) is 26.4 Å². The summed E-state index contributed by atoms with van der Waals surface area (Å²) in [5, 5.41) is 2.71. The molecule has 160 valence electrons. The highest BCUT2D eigenvalue weighted by molar-refractivity contribution is 7.14. The van der Waals surface area contributed by atoms with Gasteiger partial charge in [0.05, 0.1) is 16.5 Å². The van der Waals surface area contributed by atoms with Crippen molar-refractivity contribution < 1.29 is 28.6 Å². The highest BCUT2D eigenvalue weighted by atomic mass is 32.1. The van der Waals surface area contributed by atoms with Crippen LogP contribution in [-0.4, -0.2) is 50.1 Å². The molecule has 1 aromatic carbocycles. The van der Waals surface area contributed by atoms with E-state index in [1.165, 1.54) is 18.3 Å². The molecule has 0 saturated carbocycles. The Morgan fingerprint density at radius 1 is 1.17 bits per heavy atom. The van der Waals surface area contributed by atoms with E-state index >= 15 is 0 Å². The molecule has 1 amide bonds. The van der Waals surface area contributed by atoms with Gasteiger partial charge in [0.1, 0.15) is 12.4 Å². The second-order valence-corrected chi connectivity index (χ2v) is 8.14. The number of amides is 1. The molecule has 1 unspecified atom stereocenters. The van der Waals surface area contributed by atoms with Crippen LogP contribution in [0, 0.1) is 0 Å². The van der Waals surface area contributed by atoms with Gasteiger partial charge in [0.25, 0.3) is 0 Å². The van der Waals surface area contributed by atoms with Crippen LogP contribution in [0.15, 0.2) is 36.4 Å². The molecule has 3 rings (SSSR count). The Balaban J connectivity index is 1.42. The van der Waals surface area contributed by atoms with E-state index in [2.05, 4.69) is 5.32 Å². The molecule has 1 N–H and O–H groups in total. The Kier molecular flexibility index (Phi) is 7.98. The molecule has 1 atom stereocenters. The number of carbonyl (C=O) groups excluding carboxylic acids is 3. The molecule has 1 aliphatic rings. The lowest BCUT2D eigenvalue weighted by molar-refractivity contribution is -0.118. The van der Waals surface area contributed by atoms with Crippen LogP contribution in [0.1, 0.15) is 44.7 Å². The summed E-state index contributed by atoms with van der Waals surface area (Å²) in [6, 6.07) is 10.2. The molecule has 1 aromatic heterocycles. The lowest BCUT2D eigenvalue weighted by atomic mass is 10.2. The number of Topliss-reactive ketones (excluding diaryl/α,β-unsaturated/α-hetero) is 1. The Morgan fingerprint density at radius 2 is 1.97 bits per heavy atom. The third kappa shape index (κ3) is 6.67. The number of hydrogen-bond acceptors (Lipinski definition) is 7. The van der Waals surface area contributed by atoms with E-state index < -0.39 is 5.97 Å². The number of benzene rings is 1. The third-order valence-electron chi connectivity index (χ3n) is 4.57. The number of nitrogens with one attached hydrogen (secondary N) is 1. The molecule has 7 nitrogen and oxygen atoms in total. The van der Waals surface area contributed by atoms with E-state index in [4.69, 9.17) is 14.2 Å². The first kappa shape index (κ1) is 22.0. The Bertz CT molecular complexity index is 870. The van der Waals surface area contributed by atoms with E-state index in [9.17, 15) is 14.4 Å². The fourth-order valence-corrected chi connectivity index (χ4v) is 3.89. The van der Waals surface area contributed by atoms with Crippen molar-refractivity contribution in [1.29, 1.82) is 0 Å². The number of hydrogen-bond donors (Lipinski definition) is 1. The van der Waals surface area contributed by atoms with Gasteiger partial charge in [-0.25, -0.2) is 4.79 Å². The lowest BCUT2D eigenvalue weighted by Crippen LogP contribution is -2.22. The summed E-state index contributed by atoms with van der Waals surface area (Å²) < 4.78 is 16.3. The van der Waals surface area contributed by atoms with Crippen molar-refractivity contribution in [3.63, 3.8) is 0 Å². The average Bonchev–Trinajstić information content (AvgIpc) is 3.42. The highest BCUT2D eigenvalue weighted by Gasteiger charge is 2.17. The number of thiophene rings is 1. The number of rotatable bonds is 10. The first-order valence-corrected chi connectivity index (χ1v) is 10.7. The monoisotopic (exact) mass is 431 g/mol. The summed E-state index contributed by atoms with van der Waals surface area (Å²) in [7, 11) is 0. The van der Waals surface area contributed by atoms with Crippen molar-refractivity contribution in [3.05, 3.63) is 51.7 Å². The molecule has 1 fully saturated rings. The smallest absolute Gasteiger partial charge is 0.338 e. The van der Waals surface area contributed by atoms with Crippen molar-refractivity contribution in [3.8, 4) is 5.75 Å². The third-order valence-corrected chi connectivity index (χ3v) is 5.75. The molecule has 1 saturated heterocycles. The van der Waals surface area contributed by atoms with Gasteiger partial charge in [0, 0.05) is 25.0 Å². The summed E-state index contributed by atoms with van der Waals surface area (Å²) in [4.78, 5) is 36.9. The zero-order valence-corrected chi connectivity index (χ0v) is 17.7. The quantitative estimate of drug-likeness (QED) is 0.459. The highest BCUT2D eigenvalue weighted by Crippen LogP contribution is 2.19. The van der Waals surface area contributed by atoms with Gasteiger partial charge in [-0.1, -0.05) is 0 Å². The van der Waals surface area contributed by atoms with Crippen molar-refractivity contribution >= 4 is 29.0 Å². The molecular weight excluding hydrogens is 406 g/mol. The summed E-state index contributed by atoms with van der Waals surface area (Å²) in [6.07, 6.45) is 2.84. The second kappa shape index (κ2) is 10.9. The minimum atomic E-state index is -0.559. The Labute approximate surface area is 179 Å². The van der Waals surface area contributed by atoms with Crippen molar-refractivity contribution in [1.82, 2.24) is 5.32 Å². The van der Waals surface area contributed by atoms with E-state index in [1.54, 1.807) is 30.3 Å². The zero-order chi connectivity index (χ0) is 21.3. The minimum Gasteiger partial charge on any atom is -0.491 e. The second-order valence-electron chi connectivity index (χ2n) is 6.97. The maximum absolute atomic E-state index is 12.3. The lowest BCUT2D eigenvalue weighted by Gasteiger charge is -2.11. The molecule has 8 heteroatoms. The summed E-state index contributed by atoms with van der Waals surface area (Å²) in [6.45, 7) is 2.94. The van der Waals surface area contributed by atoms with Crippen LogP contribution >= 0.6 is 11.3 Å². The predicted octanol–water partition coefficient (Wildman–Crippen LogP) is 3.02. The topological polar surface area (TPSA) is 90.9 Å². The molecule has 0 bridgehead atoms. The molecule has 0 aliphatic carbocycles. The van der Waals surface area contributed by atoms with Crippen LogP contribution < -0.4 is 10.1 Å². The van der Waals surface area contributed by atoms with Gasteiger partial charge < -0.3 is 19.5 Å². The van der Waals surface area contributed by atoms with Gasteiger partial charge in [-0.3, -0.25) is 9.59 Å². The van der Waals surface area contributed by atoms with Gasteiger partial charge in [-0.05, 0) is 55.7 Å². The summed E-state index contributed by atoms with van der Waals surface area (Å²) in [5.41, 5.74) is 0.356. The molecule has 2 aromatic rings. The Morgan fingerprint density at radius 3 is 2.67 bits per heavy atom. The van der Waals surface area contributed by atoms with Crippen molar-refractivity contribution in [2.45, 2.75) is 32.3 Å². The maximum atomic E-state index is 12.3. The molecule has 2 heterocycles. The normalized spacial score (nSPS) is 15.6. The molecule has 1 aliphatic heterocycles. The number of carbonyl (C=O) groups is 3. The minimum absolute atomic E-state index is 0.0859. The van der Waals surface area contributed by atoms with Crippen LogP contribution in [0.5, 0.6) is 5.75 Å². The predicted molar refractivity (Wildman–Crippen MR) is 112 cm³/mol. The largest absolute Gasteiger partial charge is 0.491 e. The van der Waals surface area contributed by atoms with Gasteiger partial charge in [0.15, 0.2) is 6.61 Å². The van der Waals surface area contributed by atoms with Gasteiger partial charge in [0.2, 0.25) is 11.7 Å². The first-order valence-electron chi connectivity index (χ1n) is 9.89. The van der Waals surface area contributed by atoms with Crippen LogP contribution in [0.25, 0.3) is 0 Å². The fraction of sp³-hybridized carbons (Fsp3) is 0.409. The van der Waals surface area contributed by atoms with Gasteiger partial charge in [-0.15, -0.1) is 11.3 Å². The van der Waals surface area contributed by atoms with Crippen molar-refractivity contribution in [2.24, 2.45) is 0 Å². The number of ketones is 1. The SMILES string of the molecule is CC(=O)NCCc1ccc(C(=O)COC(=O)c2ccc(OCC3CCCO3)cc2)s1. The summed E-state index contributed by atoms with van der Waals surface area (Å²) >= 11 is 1.34. The van der Waals surface area contributed by atoms with Crippen LogP contribution in [0.4, 0.5) is 0 Å². The van der Waals surface area contributed by atoms with Crippen LogP contribution in [-0.2, 0) is 20.7 Å². The molecule has 0 radical (unpaired) electrons. The van der Waals surface area contributed by atoms with Crippen LogP contribution in [0.2, 0.25) is 0 Å². The molecule has 0 spiro atoms. The van der Waals surface area contributed by atoms with E-state index in [0.717, 1.165) is 24.3 Å². The van der Waals surface area contributed by atoms with Gasteiger partial charge in [-0.2, -0.15) is 0 Å². The summed E-state index contributed by atoms with van der Waals surface area (Å²) in [5.74, 6) is -0.243. The standard InChI is InChI=1S/C22H25NO6S/c1-15(24)23-11-10-19-8-9-21(30-19)20(25)14-29-22(26)16-4-6-17(7-5-16)28-13-18-3-2-12-27-18/h4-9,18H,2-3,10-14H2,1H3,(H,23,24). The fourth-order valence-electron chi connectivity index (χ4n) is 2.96. The van der Waals surface area contributed by atoms with E-state index in [-0.39, 0.29) is 24.4 Å². The molecular formula is C22H25NO6S. The van der Waals surface area contributed by atoms with Crippen LogP contribution in [0.3, 0.4) is 0 Å².